The van der Waals surface area contributed by atoms with Crippen molar-refractivity contribution >= 4 is 29.4 Å². The lowest BCUT2D eigenvalue weighted by atomic mass is 9.98. The van der Waals surface area contributed by atoms with Gasteiger partial charge in [0, 0.05) is 30.3 Å². The molecule has 0 radical (unpaired) electrons. The van der Waals surface area contributed by atoms with Crippen molar-refractivity contribution in [2.45, 2.75) is 18.6 Å². The maximum atomic E-state index is 13.4. The van der Waals surface area contributed by atoms with Crippen LogP contribution >= 0.6 is 11.8 Å². The molecule has 35 heavy (non-hydrogen) atoms. The molecule has 1 aliphatic rings. The standard InChI is InChI=1S/C26H30N4O4S/c1-5-13-27-21(31)15-30-22(32)16-35-25(19-14-18(33-3)11-12-20(19)34-4)23-24(28-29(2)26(23)30)17-9-7-6-8-10-17/h6-12,14,25H,5,13,15-16H2,1-4H3,(H,27,31)/t25-/m1/s1. The summed E-state index contributed by atoms with van der Waals surface area (Å²) in [6.07, 6.45) is 0.822. The first-order valence-corrected chi connectivity index (χ1v) is 12.6. The summed E-state index contributed by atoms with van der Waals surface area (Å²) in [6.45, 7) is 2.49. The number of aryl methyl sites for hydroxylation is 1. The highest BCUT2D eigenvalue weighted by Crippen LogP contribution is 2.50. The molecule has 4 rings (SSSR count). The molecule has 0 saturated carbocycles. The second-order valence-electron chi connectivity index (χ2n) is 8.20. The Morgan fingerprint density at radius 1 is 1.17 bits per heavy atom. The first-order chi connectivity index (χ1) is 17.0. The maximum Gasteiger partial charge on any atom is 0.240 e. The second kappa shape index (κ2) is 10.9. The third-order valence-electron chi connectivity index (χ3n) is 5.89. The van der Waals surface area contributed by atoms with Crippen molar-refractivity contribution in [3.05, 3.63) is 59.7 Å². The minimum atomic E-state index is -0.272. The topological polar surface area (TPSA) is 85.7 Å². The number of nitrogens with one attached hydrogen (secondary N) is 1. The molecule has 1 atom stereocenters. The number of thioether (sulfide) groups is 1. The predicted molar refractivity (Wildman–Crippen MR) is 138 cm³/mol. The number of fused-ring (bicyclic) bond motifs is 1. The van der Waals surface area contributed by atoms with E-state index in [4.69, 9.17) is 14.6 Å². The molecule has 1 aromatic heterocycles. The van der Waals surface area contributed by atoms with Gasteiger partial charge in [0.25, 0.3) is 0 Å². The van der Waals surface area contributed by atoms with E-state index in [-0.39, 0.29) is 29.4 Å². The van der Waals surface area contributed by atoms with Crippen LogP contribution in [0, 0.1) is 0 Å². The number of ether oxygens (including phenoxy) is 2. The van der Waals surface area contributed by atoms with Gasteiger partial charge in [0.2, 0.25) is 11.8 Å². The van der Waals surface area contributed by atoms with E-state index in [2.05, 4.69) is 5.32 Å². The van der Waals surface area contributed by atoms with Crippen molar-refractivity contribution < 1.29 is 19.1 Å². The Kier molecular flexibility index (Phi) is 7.65. The number of anilines is 1. The number of nitrogens with zero attached hydrogens (tertiary/aromatic N) is 3. The van der Waals surface area contributed by atoms with Gasteiger partial charge in [-0.05, 0) is 24.6 Å². The van der Waals surface area contributed by atoms with Crippen LogP contribution in [0.2, 0.25) is 0 Å². The fourth-order valence-electron chi connectivity index (χ4n) is 4.25. The SMILES string of the molecule is CCCNC(=O)CN1C(=O)CS[C@H](c2cc(OC)ccc2OC)c2c(-c3ccccc3)nn(C)c21. The van der Waals surface area contributed by atoms with Gasteiger partial charge in [-0.2, -0.15) is 5.10 Å². The molecule has 9 heteroatoms. The normalized spacial score (nSPS) is 15.4. The van der Waals surface area contributed by atoms with Crippen molar-refractivity contribution in [1.29, 1.82) is 0 Å². The quantitative estimate of drug-likeness (QED) is 0.513. The van der Waals surface area contributed by atoms with Crippen LogP contribution in [-0.2, 0) is 16.6 Å². The van der Waals surface area contributed by atoms with E-state index in [0.717, 1.165) is 28.8 Å². The van der Waals surface area contributed by atoms with Crippen LogP contribution in [0.3, 0.4) is 0 Å². The van der Waals surface area contributed by atoms with Gasteiger partial charge in [0.15, 0.2) is 0 Å². The third-order valence-corrected chi connectivity index (χ3v) is 7.12. The number of amides is 2. The van der Waals surface area contributed by atoms with E-state index in [1.807, 2.05) is 62.5 Å². The zero-order valence-corrected chi connectivity index (χ0v) is 21.2. The number of carbonyl (C=O) groups is 2. The number of aromatic nitrogens is 2. The summed E-state index contributed by atoms with van der Waals surface area (Å²) in [5.41, 5.74) is 3.44. The Balaban J connectivity index is 1.92. The highest BCUT2D eigenvalue weighted by atomic mass is 32.2. The Bertz CT molecular complexity index is 1210. The molecule has 2 aromatic carbocycles. The van der Waals surface area contributed by atoms with Gasteiger partial charge in [-0.3, -0.25) is 19.2 Å². The van der Waals surface area contributed by atoms with Crippen LogP contribution in [0.5, 0.6) is 11.5 Å². The minimum absolute atomic E-state index is 0.0673. The first kappa shape index (κ1) is 24.7. The summed E-state index contributed by atoms with van der Waals surface area (Å²) in [7, 11) is 5.06. The predicted octanol–water partition coefficient (Wildman–Crippen LogP) is 3.80. The number of methoxy groups -OCH3 is 2. The molecular weight excluding hydrogens is 464 g/mol. The van der Waals surface area contributed by atoms with Gasteiger partial charge in [0.1, 0.15) is 23.9 Å². The molecule has 3 aromatic rings. The summed E-state index contributed by atoms with van der Waals surface area (Å²) in [4.78, 5) is 27.6. The molecule has 0 aliphatic carbocycles. The van der Waals surface area contributed by atoms with Crippen LogP contribution < -0.4 is 19.7 Å². The van der Waals surface area contributed by atoms with E-state index < -0.39 is 0 Å². The molecule has 0 spiro atoms. The number of carbonyl (C=O) groups excluding carboxylic acids is 2. The molecule has 2 amide bonds. The van der Waals surface area contributed by atoms with Crippen LogP contribution in [0.1, 0.15) is 29.7 Å². The first-order valence-electron chi connectivity index (χ1n) is 11.5. The highest BCUT2D eigenvalue weighted by Gasteiger charge is 2.37. The van der Waals surface area contributed by atoms with Crippen LogP contribution in [-0.4, -0.2) is 54.7 Å². The number of rotatable bonds is 8. The van der Waals surface area contributed by atoms with Crippen molar-refractivity contribution in [2.24, 2.45) is 7.05 Å². The van der Waals surface area contributed by atoms with E-state index in [1.54, 1.807) is 23.8 Å². The molecular formula is C26H30N4O4S. The van der Waals surface area contributed by atoms with E-state index >= 15 is 0 Å². The lowest BCUT2D eigenvalue weighted by Gasteiger charge is -2.23. The lowest BCUT2D eigenvalue weighted by Crippen LogP contribution is -2.42. The van der Waals surface area contributed by atoms with Crippen molar-refractivity contribution in [3.63, 3.8) is 0 Å². The van der Waals surface area contributed by atoms with E-state index in [0.29, 0.717) is 23.9 Å². The van der Waals surface area contributed by atoms with Gasteiger partial charge in [-0.25, -0.2) is 0 Å². The third kappa shape index (κ3) is 5.00. The Morgan fingerprint density at radius 3 is 2.63 bits per heavy atom. The largest absolute Gasteiger partial charge is 0.497 e. The Hall–Kier alpha value is -3.46. The number of hydrogen-bond donors (Lipinski definition) is 1. The average molecular weight is 495 g/mol. The summed E-state index contributed by atoms with van der Waals surface area (Å²) in [5.74, 6) is 1.86. The average Bonchev–Trinajstić information content (AvgIpc) is 3.15. The molecule has 0 saturated heterocycles. The van der Waals surface area contributed by atoms with Gasteiger partial charge in [-0.1, -0.05) is 37.3 Å². The zero-order chi connectivity index (χ0) is 24.9. The second-order valence-corrected chi connectivity index (χ2v) is 9.30. The zero-order valence-electron chi connectivity index (χ0n) is 20.4. The summed E-state index contributed by atoms with van der Waals surface area (Å²) >= 11 is 1.50. The lowest BCUT2D eigenvalue weighted by molar-refractivity contribution is -0.122. The van der Waals surface area contributed by atoms with E-state index in [9.17, 15) is 9.59 Å². The van der Waals surface area contributed by atoms with Crippen LogP contribution in [0.4, 0.5) is 5.82 Å². The van der Waals surface area contributed by atoms with Gasteiger partial charge in [0.05, 0.1) is 30.9 Å². The van der Waals surface area contributed by atoms with Crippen LogP contribution in [0.15, 0.2) is 48.5 Å². The smallest absolute Gasteiger partial charge is 0.240 e. The number of benzene rings is 2. The molecule has 1 N–H and O–H groups in total. The van der Waals surface area contributed by atoms with Crippen molar-refractivity contribution in [3.8, 4) is 22.8 Å². The van der Waals surface area contributed by atoms with Crippen LogP contribution in [0.25, 0.3) is 11.3 Å². The molecule has 2 heterocycles. The summed E-state index contributed by atoms with van der Waals surface area (Å²) in [6, 6.07) is 15.5. The molecule has 1 aliphatic heterocycles. The van der Waals surface area contributed by atoms with Gasteiger partial charge >= 0.3 is 0 Å². The van der Waals surface area contributed by atoms with Crippen molar-refractivity contribution in [1.82, 2.24) is 15.1 Å². The molecule has 0 unspecified atom stereocenters. The van der Waals surface area contributed by atoms with Gasteiger partial charge in [-0.15, -0.1) is 11.8 Å². The molecule has 0 bridgehead atoms. The van der Waals surface area contributed by atoms with Gasteiger partial charge < -0.3 is 14.8 Å². The fourth-order valence-corrected chi connectivity index (χ4v) is 5.47. The number of hydrogen-bond acceptors (Lipinski definition) is 6. The minimum Gasteiger partial charge on any atom is -0.497 e. The molecule has 184 valence electrons. The fraction of sp³-hybridized carbons (Fsp3) is 0.346. The highest BCUT2D eigenvalue weighted by molar-refractivity contribution is 8.00. The van der Waals surface area contributed by atoms with Crippen molar-refractivity contribution in [2.75, 3.05) is 38.0 Å². The Labute approximate surface area is 209 Å². The molecule has 8 nitrogen and oxygen atoms in total. The summed E-state index contributed by atoms with van der Waals surface area (Å²) in [5, 5.41) is 7.45. The maximum absolute atomic E-state index is 13.4. The van der Waals surface area contributed by atoms with E-state index in [1.165, 1.54) is 11.8 Å². The monoisotopic (exact) mass is 494 g/mol. The Morgan fingerprint density at radius 2 is 1.94 bits per heavy atom. The summed E-state index contributed by atoms with van der Waals surface area (Å²) < 4.78 is 12.9. The molecule has 0 fully saturated rings.